The van der Waals surface area contributed by atoms with Crippen LogP contribution < -0.4 is 0 Å². The highest BCUT2D eigenvalue weighted by Crippen LogP contribution is 2.44. The van der Waals surface area contributed by atoms with E-state index in [1.54, 1.807) is 0 Å². The van der Waals surface area contributed by atoms with Gasteiger partial charge in [0.2, 0.25) is 0 Å². The second-order valence-electron chi connectivity index (χ2n) is 6.29. The second kappa shape index (κ2) is 5.19. The van der Waals surface area contributed by atoms with Crippen LogP contribution in [0.25, 0.3) is 0 Å². The summed E-state index contributed by atoms with van der Waals surface area (Å²) in [6.07, 6.45) is 1.35. The van der Waals surface area contributed by atoms with Gasteiger partial charge >= 0.3 is 0 Å². The summed E-state index contributed by atoms with van der Waals surface area (Å²) in [5, 5.41) is 0. The Morgan fingerprint density at radius 2 is 1.29 bits per heavy atom. The number of rotatable bonds is 5. The number of hydrogen-bond acceptors (Lipinski definition) is 0. The highest BCUT2D eigenvalue weighted by Gasteiger charge is 2.36. The van der Waals surface area contributed by atoms with Crippen LogP contribution in [-0.2, 0) is 0 Å². The van der Waals surface area contributed by atoms with Crippen LogP contribution >= 0.6 is 0 Å². The van der Waals surface area contributed by atoms with E-state index in [1.807, 2.05) is 0 Å². The van der Waals surface area contributed by atoms with Crippen LogP contribution in [0, 0.1) is 29.1 Å². The first kappa shape index (κ1) is 14.0. The molecule has 0 heterocycles. The lowest BCUT2D eigenvalue weighted by Crippen LogP contribution is -2.35. The maximum atomic E-state index is 2.47. The molecule has 0 nitrogen and oxygen atoms in total. The highest BCUT2D eigenvalue weighted by molar-refractivity contribution is 4.85. The van der Waals surface area contributed by atoms with Crippen molar-refractivity contribution in [3.8, 4) is 0 Å². The predicted octanol–water partition coefficient (Wildman–Crippen LogP) is 4.99. The minimum atomic E-state index is 0.502. The normalized spacial score (nSPS) is 19.1. The number of hydrogen-bond donors (Lipinski definition) is 0. The molecule has 0 aliphatic carbocycles. The Labute approximate surface area is 91.5 Å². The van der Waals surface area contributed by atoms with E-state index in [0.29, 0.717) is 5.41 Å². The average molecular weight is 198 g/mol. The van der Waals surface area contributed by atoms with Gasteiger partial charge in [-0.15, -0.1) is 0 Å². The van der Waals surface area contributed by atoms with Gasteiger partial charge in [-0.25, -0.2) is 0 Å². The summed E-state index contributed by atoms with van der Waals surface area (Å²) in [7, 11) is 0. The van der Waals surface area contributed by atoms with Crippen molar-refractivity contribution in [1.29, 1.82) is 0 Å². The molecule has 0 saturated carbocycles. The molecule has 86 valence electrons. The van der Waals surface area contributed by atoms with Crippen molar-refractivity contribution in [3.63, 3.8) is 0 Å². The van der Waals surface area contributed by atoms with E-state index >= 15 is 0 Å². The van der Waals surface area contributed by atoms with Crippen LogP contribution in [0.3, 0.4) is 0 Å². The first-order chi connectivity index (χ1) is 6.21. The van der Waals surface area contributed by atoms with Gasteiger partial charge in [0.1, 0.15) is 0 Å². The quantitative estimate of drug-likeness (QED) is 0.584. The third-order valence-electron chi connectivity index (χ3n) is 4.21. The molecule has 2 unspecified atom stereocenters. The molecule has 0 aromatic carbocycles. The standard InChI is InChI=1S/C14H30/c1-10(2)9-14(8,12(5)6)13(7)11(3)4/h10-13H,9H2,1-8H3. The molecule has 0 amide bonds. The van der Waals surface area contributed by atoms with Crippen LogP contribution in [0.1, 0.15) is 61.8 Å². The zero-order chi connectivity index (χ0) is 11.5. The van der Waals surface area contributed by atoms with Crippen LogP contribution in [0.5, 0.6) is 0 Å². The maximum Gasteiger partial charge on any atom is -0.0272 e. The SMILES string of the molecule is CC(C)CC(C)(C(C)C)C(C)C(C)C. The molecule has 0 fully saturated rings. The lowest BCUT2D eigenvalue weighted by atomic mass is 9.62. The van der Waals surface area contributed by atoms with Gasteiger partial charge in [0.05, 0.1) is 0 Å². The summed E-state index contributed by atoms with van der Waals surface area (Å²) in [5.74, 6) is 3.19. The molecule has 0 aromatic rings. The molecule has 0 bridgehead atoms. The summed E-state index contributed by atoms with van der Waals surface area (Å²) >= 11 is 0. The zero-order valence-electron chi connectivity index (χ0n) is 11.5. The fraction of sp³-hybridized carbons (Fsp3) is 1.00. The van der Waals surface area contributed by atoms with E-state index in [0.717, 1.165) is 23.7 Å². The van der Waals surface area contributed by atoms with Gasteiger partial charge in [0, 0.05) is 0 Å². The fourth-order valence-corrected chi connectivity index (χ4v) is 2.59. The second-order valence-corrected chi connectivity index (χ2v) is 6.29. The summed E-state index contributed by atoms with van der Waals surface area (Å²) in [5.41, 5.74) is 0.502. The lowest BCUT2D eigenvalue weighted by Gasteiger charge is -2.43. The van der Waals surface area contributed by atoms with Gasteiger partial charge < -0.3 is 0 Å². The van der Waals surface area contributed by atoms with E-state index in [9.17, 15) is 0 Å². The molecular formula is C14H30. The zero-order valence-corrected chi connectivity index (χ0v) is 11.5. The van der Waals surface area contributed by atoms with Crippen molar-refractivity contribution in [2.45, 2.75) is 61.8 Å². The van der Waals surface area contributed by atoms with E-state index < -0.39 is 0 Å². The van der Waals surface area contributed by atoms with Crippen molar-refractivity contribution in [2.75, 3.05) is 0 Å². The Kier molecular flexibility index (Phi) is 5.19. The van der Waals surface area contributed by atoms with Crippen LogP contribution in [0.2, 0.25) is 0 Å². The van der Waals surface area contributed by atoms with E-state index in [1.165, 1.54) is 6.42 Å². The van der Waals surface area contributed by atoms with Crippen molar-refractivity contribution >= 4 is 0 Å². The first-order valence-corrected chi connectivity index (χ1v) is 6.21. The molecule has 2 atom stereocenters. The smallest absolute Gasteiger partial charge is 0.0272 e. The van der Waals surface area contributed by atoms with Crippen molar-refractivity contribution in [1.82, 2.24) is 0 Å². The summed E-state index contributed by atoms with van der Waals surface area (Å²) in [6.45, 7) is 19.0. The minimum Gasteiger partial charge on any atom is -0.0628 e. The maximum absolute atomic E-state index is 2.47. The predicted molar refractivity (Wildman–Crippen MR) is 66.4 cm³/mol. The molecular weight excluding hydrogens is 168 g/mol. The Morgan fingerprint density at radius 3 is 1.50 bits per heavy atom. The van der Waals surface area contributed by atoms with Crippen LogP contribution in [0.4, 0.5) is 0 Å². The Bertz CT molecular complexity index is 155. The third kappa shape index (κ3) is 3.29. The summed E-state index contributed by atoms with van der Waals surface area (Å²) in [6, 6.07) is 0. The van der Waals surface area contributed by atoms with E-state index in [4.69, 9.17) is 0 Å². The lowest BCUT2D eigenvalue weighted by molar-refractivity contribution is 0.0637. The van der Waals surface area contributed by atoms with E-state index in [2.05, 4.69) is 55.4 Å². The van der Waals surface area contributed by atoms with E-state index in [-0.39, 0.29) is 0 Å². The topological polar surface area (TPSA) is 0 Å². The third-order valence-corrected chi connectivity index (χ3v) is 4.21. The van der Waals surface area contributed by atoms with Crippen molar-refractivity contribution in [2.24, 2.45) is 29.1 Å². The molecule has 0 aromatic heterocycles. The molecule has 0 rings (SSSR count). The van der Waals surface area contributed by atoms with Gasteiger partial charge in [-0.05, 0) is 35.5 Å². The van der Waals surface area contributed by atoms with Gasteiger partial charge in [0.25, 0.3) is 0 Å². The molecule has 0 heteroatoms. The van der Waals surface area contributed by atoms with Gasteiger partial charge in [0.15, 0.2) is 0 Å². The van der Waals surface area contributed by atoms with Crippen molar-refractivity contribution in [3.05, 3.63) is 0 Å². The molecule has 0 aliphatic heterocycles. The minimum absolute atomic E-state index is 0.502. The molecule has 0 radical (unpaired) electrons. The van der Waals surface area contributed by atoms with Gasteiger partial charge in [-0.2, -0.15) is 0 Å². The Morgan fingerprint density at radius 1 is 0.857 bits per heavy atom. The highest BCUT2D eigenvalue weighted by atomic mass is 14.4. The van der Waals surface area contributed by atoms with Gasteiger partial charge in [-0.3, -0.25) is 0 Å². The van der Waals surface area contributed by atoms with Crippen LogP contribution in [0.15, 0.2) is 0 Å². The monoisotopic (exact) mass is 198 g/mol. The average Bonchev–Trinajstić information content (AvgIpc) is 2.00. The summed E-state index contributed by atoms with van der Waals surface area (Å²) in [4.78, 5) is 0. The van der Waals surface area contributed by atoms with Crippen molar-refractivity contribution < 1.29 is 0 Å². The summed E-state index contributed by atoms with van der Waals surface area (Å²) < 4.78 is 0. The molecule has 0 spiro atoms. The Balaban J connectivity index is 4.71. The Hall–Kier alpha value is 0. The molecule has 0 aliphatic rings. The molecule has 0 N–H and O–H groups in total. The first-order valence-electron chi connectivity index (χ1n) is 6.21. The van der Waals surface area contributed by atoms with Crippen LogP contribution in [-0.4, -0.2) is 0 Å². The molecule has 0 saturated heterocycles. The fourth-order valence-electron chi connectivity index (χ4n) is 2.59. The van der Waals surface area contributed by atoms with Gasteiger partial charge in [-0.1, -0.05) is 55.4 Å². The molecule has 14 heavy (non-hydrogen) atoms. The largest absolute Gasteiger partial charge is 0.0628 e.